The van der Waals surface area contributed by atoms with Gasteiger partial charge in [-0.1, -0.05) is 13.3 Å². The Kier molecular flexibility index (Phi) is 8.13. The number of hydrogen-bond donors (Lipinski definition) is 3. The number of carbonyl (C=O) groups is 2. The van der Waals surface area contributed by atoms with Gasteiger partial charge < -0.3 is 20.5 Å². The minimum atomic E-state index is -0.908. The summed E-state index contributed by atoms with van der Waals surface area (Å²) in [7, 11) is 1.56. The average molecular weight is 246 g/mol. The molecule has 2 amide bonds. The van der Waals surface area contributed by atoms with Crippen molar-refractivity contribution in [3.8, 4) is 0 Å². The van der Waals surface area contributed by atoms with E-state index in [9.17, 15) is 9.59 Å². The molecule has 0 saturated heterocycles. The molecule has 0 aromatic carbocycles. The molecular formula is C11H22N2O4. The summed E-state index contributed by atoms with van der Waals surface area (Å²) < 4.78 is 4.98. The number of urea groups is 1. The first-order chi connectivity index (χ1) is 7.99. The average Bonchev–Trinajstić information content (AvgIpc) is 2.25. The summed E-state index contributed by atoms with van der Waals surface area (Å²) in [5.41, 5.74) is 0. The molecule has 0 fully saturated rings. The Morgan fingerprint density at radius 3 is 2.53 bits per heavy atom. The number of carboxylic acids is 1. The van der Waals surface area contributed by atoms with Gasteiger partial charge in [-0.3, -0.25) is 4.79 Å². The highest BCUT2D eigenvalue weighted by Gasteiger charge is 2.15. The fourth-order valence-corrected chi connectivity index (χ4v) is 1.34. The molecule has 6 heteroatoms. The van der Waals surface area contributed by atoms with Crippen LogP contribution in [0.3, 0.4) is 0 Å². The summed E-state index contributed by atoms with van der Waals surface area (Å²) >= 11 is 0. The Morgan fingerprint density at radius 1 is 1.41 bits per heavy atom. The molecule has 100 valence electrons. The van der Waals surface area contributed by atoms with E-state index in [4.69, 9.17) is 9.84 Å². The van der Waals surface area contributed by atoms with Crippen molar-refractivity contribution in [2.45, 2.75) is 45.3 Å². The number of ether oxygens (including phenoxy) is 1. The van der Waals surface area contributed by atoms with Crippen molar-refractivity contribution in [2.75, 3.05) is 13.7 Å². The molecule has 17 heavy (non-hydrogen) atoms. The molecule has 0 saturated carbocycles. The van der Waals surface area contributed by atoms with Gasteiger partial charge in [-0.25, -0.2) is 4.79 Å². The van der Waals surface area contributed by atoms with Crippen LogP contribution in [-0.2, 0) is 9.53 Å². The number of amides is 2. The van der Waals surface area contributed by atoms with Gasteiger partial charge >= 0.3 is 12.0 Å². The lowest BCUT2D eigenvalue weighted by Gasteiger charge is -2.17. The summed E-state index contributed by atoms with van der Waals surface area (Å²) in [6.45, 7) is 4.18. The van der Waals surface area contributed by atoms with E-state index in [0.717, 1.165) is 6.42 Å². The predicted octanol–water partition coefficient (Wildman–Crippen LogP) is 0.964. The maximum absolute atomic E-state index is 11.5. The molecule has 0 aromatic rings. The van der Waals surface area contributed by atoms with Gasteiger partial charge in [0.05, 0.1) is 12.5 Å². The molecule has 0 aliphatic heterocycles. The van der Waals surface area contributed by atoms with Crippen molar-refractivity contribution in [3.63, 3.8) is 0 Å². The van der Waals surface area contributed by atoms with E-state index < -0.39 is 5.97 Å². The van der Waals surface area contributed by atoms with Gasteiger partial charge in [-0.2, -0.15) is 0 Å². The van der Waals surface area contributed by atoms with Gasteiger partial charge in [0.25, 0.3) is 0 Å². The highest BCUT2D eigenvalue weighted by molar-refractivity contribution is 5.75. The van der Waals surface area contributed by atoms with Crippen LogP contribution in [0, 0.1) is 0 Å². The van der Waals surface area contributed by atoms with E-state index in [2.05, 4.69) is 10.6 Å². The Morgan fingerprint density at radius 2 is 2.06 bits per heavy atom. The second kappa shape index (κ2) is 8.81. The fourth-order valence-electron chi connectivity index (χ4n) is 1.34. The minimum Gasteiger partial charge on any atom is -0.481 e. The molecule has 0 rings (SSSR count). The van der Waals surface area contributed by atoms with Gasteiger partial charge in [0.1, 0.15) is 0 Å². The maximum Gasteiger partial charge on any atom is 0.315 e. The SMILES string of the molecule is CCCC(CC(=O)O)NC(=O)NCC(C)OC. The van der Waals surface area contributed by atoms with Crippen LogP contribution < -0.4 is 10.6 Å². The van der Waals surface area contributed by atoms with Crippen LogP contribution in [0.1, 0.15) is 33.1 Å². The summed E-state index contributed by atoms with van der Waals surface area (Å²) in [4.78, 5) is 22.0. The lowest BCUT2D eigenvalue weighted by molar-refractivity contribution is -0.137. The van der Waals surface area contributed by atoms with E-state index in [1.165, 1.54) is 0 Å². The highest BCUT2D eigenvalue weighted by atomic mass is 16.5. The molecule has 0 heterocycles. The van der Waals surface area contributed by atoms with Crippen molar-refractivity contribution in [1.29, 1.82) is 0 Å². The third-order valence-electron chi connectivity index (χ3n) is 2.35. The van der Waals surface area contributed by atoms with Crippen molar-refractivity contribution in [2.24, 2.45) is 0 Å². The zero-order chi connectivity index (χ0) is 13.3. The molecule has 0 aliphatic carbocycles. The lowest BCUT2D eigenvalue weighted by Crippen LogP contribution is -2.45. The highest BCUT2D eigenvalue weighted by Crippen LogP contribution is 2.01. The third-order valence-corrected chi connectivity index (χ3v) is 2.35. The van der Waals surface area contributed by atoms with E-state index in [1.54, 1.807) is 7.11 Å². The summed E-state index contributed by atoms with van der Waals surface area (Å²) in [5.74, 6) is -0.908. The second-order valence-electron chi connectivity index (χ2n) is 3.98. The smallest absolute Gasteiger partial charge is 0.315 e. The number of rotatable bonds is 8. The number of nitrogens with one attached hydrogen (secondary N) is 2. The largest absolute Gasteiger partial charge is 0.481 e. The monoisotopic (exact) mass is 246 g/mol. The van der Waals surface area contributed by atoms with Crippen LogP contribution in [-0.4, -0.2) is 42.9 Å². The Labute approximate surface area is 102 Å². The van der Waals surface area contributed by atoms with Crippen molar-refractivity contribution < 1.29 is 19.4 Å². The van der Waals surface area contributed by atoms with Gasteiger partial charge in [0.2, 0.25) is 0 Å². The van der Waals surface area contributed by atoms with Crippen LogP contribution in [0.2, 0.25) is 0 Å². The van der Waals surface area contributed by atoms with Crippen LogP contribution in [0.4, 0.5) is 4.79 Å². The zero-order valence-electron chi connectivity index (χ0n) is 10.7. The van der Waals surface area contributed by atoms with Gasteiger partial charge in [0, 0.05) is 19.7 Å². The molecule has 2 unspecified atom stereocenters. The van der Waals surface area contributed by atoms with E-state index >= 15 is 0 Å². The topological polar surface area (TPSA) is 87.7 Å². The number of methoxy groups -OCH3 is 1. The Bertz CT molecular complexity index is 246. The molecular weight excluding hydrogens is 224 g/mol. The quantitative estimate of drug-likeness (QED) is 0.595. The van der Waals surface area contributed by atoms with Gasteiger partial charge in [0.15, 0.2) is 0 Å². The molecule has 6 nitrogen and oxygen atoms in total. The normalized spacial score (nSPS) is 13.8. The first kappa shape index (κ1) is 15.7. The predicted molar refractivity (Wildman–Crippen MR) is 64.0 cm³/mol. The van der Waals surface area contributed by atoms with E-state index in [0.29, 0.717) is 13.0 Å². The summed E-state index contributed by atoms with van der Waals surface area (Å²) in [5, 5.41) is 14.0. The zero-order valence-corrected chi connectivity index (χ0v) is 10.7. The van der Waals surface area contributed by atoms with Gasteiger partial charge in [-0.05, 0) is 13.3 Å². The Balaban J connectivity index is 3.98. The lowest BCUT2D eigenvalue weighted by atomic mass is 10.1. The summed E-state index contributed by atoms with van der Waals surface area (Å²) in [6, 6.07) is -0.677. The molecule has 0 bridgehead atoms. The molecule has 3 N–H and O–H groups in total. The fraction of sp³-hybridized carbons (Fsp3) is 0.818. The Hall–Kier alpha value is -1.30. The van der Waals surface area contributed by atoms with Gasteiger partial charge in [-0.15, -0.1) is 0 Å². The van der Waals surface area contributed by atoms with Crippen LogP contribution >= 0.6 is 0 Å². The van der Waals surface area contributed by atoms with Crippen LogP contribution in [0.15, 0.2) is 0 Å². The summed E-state index contributed by atoms with van der Waals surface area (Å²) in [6.07, 6.45) is 1.36. The maximum atomic E-state index is 11.5. The van der Waals surface area contributed by atoms with E-state index in [1.807, 2.05) is 13.8 Å². The van der Waals surface area contributed by atoms with Crippen molar-refractivity contribution in [3.05, 3.63) is 0 Å². The molecule has 0 spiro atoms. The minimum absolute atomic E-state index is 0.0545. The second-order valence-corrected chi connectivity index (χ2v) is 3.98. The number of hydrogen-bond acceptors (Lipinski definition) is 3. The molecule has 0 aliphatic rings. The molecule has 0 radical (unpaired) electrons. The molecule has 0 aromatic heterocycles. The number of aliphatic carboxylic acids is 1. The van der Waals surface area contributed by atoms with Crippen molar-refractivity contribution >= 4 is 12.0 Å². The van der Waals surface area contributed by atoms with Crippen molar-refractivity contribution in [1.82, 2.24) is 10.6 Å². The van der Waals surface area contributed by atoms with E-state index in [-0.39, 0.29) is 24.6 Å². The third kappa shape index (κ3) is 8.50. The number of carboxylic acid groups (broad SMARTS) is 1. The first-order valence-corrected chi connectivity index (χ1v) is 5.78. The first-order valence-electron chi connectivity index (χ1n) is 5.78. The standard InChI is InChI=1S/C11H22N2O4/c1-4-5-9(6-10(14)15)13-11(16)12-7-8(2)17-3/h8-9H,4-7H2,1-3H3,(H,14,15)(H2,12,13,16). The molecule has 2 atom stereocenters. The van der Waals surface area contributed by atoms with Crippen LogP contribution in [0.25, 0.3) is 0 Å². The number of carbonyl (C=O) groups excluding carboxylic acids is 1. The van der Waals surface area contributed by atoms with Crippen LogP contribution in [0.5, 0.6) is 0 Å².